The van der Waals surface area contributed by atoms with Crippen molar-refractivity contribution in [2.45, 2.75) is 32.7 Å². The molecule has 0 unspecified atom stereocenters. The Hall–Kier alpha value is -3.09. The maximum absolute atomic E-state index is 13.2. The zero-order chi connectivity index (χ0) is 23.4. The van der Waals surface area contributed by atoms with Crippen molar-refractivity contribution < 1.29 is 9.21 Å². The van der Waals surface area contributed by atoms with E-state index in [1.807, 2.05) is 36.4 Å². The summed E-state index contributed by atoms with van der Waals surface area (Å²) in [5.41, 5.74) is 3.15. The molecule has 168 valence electrons. The van der Waals surface area contributed by atoms with Crippen LogP contribution in [0.3, 0.4) is 0 Å². The third-order valence-corrected chi connectivity index (χ3v) is 6.33. The number of thioether (sulfide) groups is 1. The summed E-state index contributed by atoms with van der Waals surface area (Å²) in [6, 6.07) is 19.2. The standard InChI is InChI=1S/C26H24ClN3O2S/c1-26(2,3)20-10-6-18(7-11-20)15-23-24(31)30(17-22-5-4-14-32-22)25(33-23)29-28-16-19-8-12-21(27)13-9-19/h4-16H,17H2,1-3H3/b23-15-,28-16-,29-25+. The summed E-state index contributed by atoms with van der Waals surface area (Å²) in [5, 5.41) is 9.68. The first-order chi connectivity index (χ1) is 15.8. The van der Waals surface area contributed by atoms with E-state index in [0.29, 0.717) is 20.9 Å². The van der Waals surface area contributed by atoms with E-state index >= 15 is 0 Å². The molecule has 0 aliphatic carbocycles. The number of amides is 1. The van der Waals surface area contributed by atoms with Crippen LogP contribution in [0.2, 0.25) is 5.02 Å². The minimum Gasteiger partial charge on any atom is -0.467 e. The highest BCUT2D eigenvalue weighted by Gasteiger charge is 2.34. The lowest BCUT2D eigenvalue weighted by atomic mass is 9.87. The third kappa shape index (κ3) is 5.83. The maximum atomic E-state index is 13.2. The molecular formula is C26H24ClN3O2S. The first-order valence-corrected chi connectivity index (χ1v) is 11.7. The van der Waals surface area contributed by atoms with Gasteiger partial charge in [0.25, 0.3) is 5.91 Å². The molecular weight excluding hydrogens is 454 g/mol. The van der Waals surface area contributed by atoms with Crippen LogP contribution in [0.4, 0.5) is 0 Å². The molecule has 0 N–H and O–H groups in total. The van der Waals surface area contributed by atoms with Gasteiger partial charge in [0.15, 0.2) is 5.17 Å². The quantitative estimate of drug-likeness (QED) is 0.232. The van der Waals surface area contributed by atoms with E-state index in [4.69, 9.17) is 16.0 Å². The van der Waals surface area contributed by atoms with Gasteiger partial charge in [-0.2, -0.15) is 5.10 Å². The molecule has 0 bridgehead atoms. The van der Waals surface area contributed by atoms with Gasteiger partial charge >= 0.3 is 0 Å². The number of furan rings is 1. The monoisotopic (exact) mass is 477 g/mol. The highest BCUT2D eigenvalue weighted by molar-refractivity contribution is 8.18. The Morgan fingerprint density at radius 2 is 1.73 bits per heavy atom. The molecule has 7 heteroatoms. The molecule has 1 saturated heterocycles. The Kier molecular flexibility index (Phi) is 6.86. The van der Waals surface area contributed by atoms with Gasteiger partial charge in [0.05, 0.1) is 23.9 Å². The average Bonchev–Trinajstić information content (AvgIpc) is 3.39. The molecule has 1 fully saturated rings. The van der Waals surface area contributed by atoms with Crippen molar-refractivity contribution in [3.05, 3.63) is 99.3 Å². The number of hydrogen-bond acceptors (Lipinski definition) is 5. The van der Waals surface area contributed by atoms with E-state index in [2.05, 4.69) is 43.1 Å². The van der Waals surface area contributed by atoms with Crippen molar-refractivity contribution in [3.63, 3.8) is 0 Å². The fourth-order valence-corrected chi connectivity index (χ4v) is 4.27. The minimum absolute atomic E-state index is 0.0748. The van der Waals surface area contributed by atoms with Crippen molar-refractivity contribution in [1.82, 2.24) is 4.90 Å². The lowest BCUT2D eigenvalue weighted by molar-refractivity contribution is -0.122. The van der Waals surface area contributed by atoms with Crippen molar-refractivity contribution in [1.29, 1.82) is 0 Å². The number of benzene rings is 2. The molecule has 2 heterocycles. The van der Waals surface area contributed by atoms with Gasteiger partial charge in [-0.05, 0) is 64.2 Å². The first kappa shape index (κ1) is 23.1. The van der Waals surface area contributed by atoms with Crippen LogP contribution in [0.1, 0.15) is 43.2 Å². The van der Waals surface area contributed by atoms with Gasteiger partial charge in [-0.3, -0.25) is 9.69 Å². The van der Waals surface area contributed by atoms with Crippen molar-refractivity contribution in [2.24, 2.45) is 10.2 Å². The number of rotatable bonds is 5. The lowest BCUT2D eigenvalue weighted by Gasteiger charge is -2.18. The van der Waals surface area contributed by atoms with Gasteiger partial charge in [0.1, 0.15) is 5.76 Å². The number of hydrogen-bond donors (Lipinski definition) is 0. The SMILES string of the molecule is CC(C)(C)c1ccc(/C=C2\S/C(=N/N=C\c3ccc(Cl)cc3)N(Cc3ccco3)C2=O)cc1. The minimum atomic E-state index is -0.128. The number of carbonyl (C=O) groups is 1. The van der Waals surface area contributed by atoms with Crippen molar-refractivity contribution in [2.75, 3.05) is 0 Å². The van der Waals surface area contributed by atoms with Gasteiger partial charge in [-0.1, -0.05) is 68.8 Å². The Balaban J connectivity index is 1.59. The fraction of sp³-hybridized carbons (Fsp3) is 0.192. The highest BCUT2D eigenvalue weighted by atomic mass is 35.5. The first-order valence-electron chi connectivity index (χ1n) is 10.5. The summed E-state index contributed by atoms with van der Waals surface area (Å²) in [6.45, 7) is 6.82. The fourth-order valence-electron chi connectivity index (χ4n) is 3.20. The van der Waals surface area contributed by atoms with Crippen LogP contribution in [-0.2, 0) is 16.8 Å². The van der Waals surface area contributed by atoms with Gasteiger partial charge in [-0.25, -0.2) is 0 Å². The highest BCUT2D eigenvalue weighted by Crippen LogP contribution is 2.34. The van der Waals surface area contributed by atoms with E-state index in [1.165, 1.54) is 17.3 Å². The second-order valence-electron chi connectivity index (χ2n) is 8.63. The van der Waals surface area contributed by atoms with Gasteiger partial charge < -0.3 is 4.42 Å². The van der Waals surface area contributed by atoms with Crippen LogP contribution < -0.4 is 0 Å². The second-order valence-corrected chi connectivity index (χ2v) is 10.1. The molecule has 1 aliphatic rings. The van der Waals surface area contributed by atoms with Crippen molar-refractivity contribution >= 4 is 46.7 Å². The summed E-state index contributed by atoms with van der Waals surface area (Å²) >= 11 is 7.23. The van der Waals surface area contributed by atoms with Crippen LogP contribution in [-0.4, -0.2) is 22.2 Å². The predicted octanol–water partition coefficient (Wildman–Crippen LogP) is 6.74. The van der Waals surface area contributed by atoms with Crippen LogP contribution in [0.15, 0.2) is 86.5 Å². The van der Waals surface area contributed by atoms with E-state index < -0.39 is 0 Å². The maximum Gasteiger partial charge on any atom is 0.267 e. The molecule has 0 radical (unpaired) electrons. The predicted molar refractivity (Wildman–Crippen MR) is 136 cm³/mol. The number of amidine groups is 1. The summed E-state index contributed by atoms with van der Waals surface area (Å²) in [7, 11) is 0. The normalized spacial score (nSPS) is 17.1. The largest absolute Gasteiger partial charge is 0.467 e. The number of nitrogens with zero attached hydrogens (tertiary/aromatic N) is 3. The molecule has 2 aromatic carbocycles. The zero-order valence-corrected chi connectivity index (χ0v) is 20.2. The third-order valence-electron chi connectivity index (χ3n) is 5.08. The van der Waals surface area contributed by atoms with E-state index in [0.717, 1.165) is 11.1 Å². The molecule has 33 heavy (non-hydrogen) atoms. The zero-order valence-electron chi connectivity index (χ0n) is 18.7. The van der Waals surface area contributed by atoms with Crippen LogP contribution in [0.5, 0.6) is 0 Å². The summed E-state index contributed by atoms with van der Waals surface area (Å²) in [5.74, 6) is 0.547. The van der Waals surface area contributed by atoms with Crippen LogP contribution in [0.25, 0.3) is 6.08 Å². The molecule has 0 spiro atoms. The summed E-state index contributed by atoms with van der Waals surface area (Å²) in [6.07, 6.45) is 5.11. The topological polar surface area (TPSA) is 58.2 Å². The van der Waals surface area contributed by atoms with Gasteiger partial charge in [0.2, 0.25) is 0 Å². The van der Waals surface area contributed by atoms with E-state index in [1.54, 1.807) is 35.6 Å². The Morgan fingerprint density at radius 3 is 2.36 bits per heavy atom. The number of halogens is 1. The Labute approximate surface area is 202 Å². The average molecular weight is 478 g/mol. The van der Waals surface area contributed by atoms with Gasteiger partial charge in [0, 0.05) is 5.02 Å². The van der Waals surface area contributed by atoms with E-state index in [-0.39, 0.29) is 17.9 Å². The molecule has 0 atom stereocenters. The van der Waals surface area contributed by atoms with Gasteiger partial charge in [-0.15, -0.1) is 5.10 Å². The van der Waals surface area contributed by atoms with Crippen LogP contribution in [0, 0.1) is 0 Å². The molecule has 1 aromatic heterocycles. The molecule has 1 amide bonds. The molecule has 4 rings (SSSR count). The molecule has 1 aliphatic heterocycles. The molecule has 5 nitrogen and oxygen atoms in total. The van der Waals surface area contributed by atoms with E-state index in [9.17, 15) is 4.79 Å². The molecule has 3 aromatic rings. The Bertz CT molecular complexity index is 1210. The smallest absolute Gasteiger partial charge is 0.267 e. The van der Waals surface area contributed by atoms with Crippen LogP contribution >= 0.6 is 23.4 Å². The van der Waals surface area contributed by atoms with Crippen molar-refractivity contribution in [3.8, 4) is 0 Å². The number of carbonyl (C=O) groups excluding carboxylic acids is 1. The lowest BCUT2D eigenvalue weighted by Crippen LogP contribution is -2.28. The Morgan fingerprint density at radius 1 is 1.03 bits per heavy atom. The molecule has 0 saturated carbocycles. The second kappa shape index (κ2) is 9.81. The summed E-state index contributed by atoms with van der Waals surface area (Å²) in [4.78, 5) is 15.4. The summed E-state index contributed by atoms with van der Waals surface area (Å²) < 4.78 is 5.45.